The molecular weight excluding hydrogens is 390 g/mol. The lowest BCUT2D eigenvalue weighted by atomic mass is 10.1. The van der Waals surface area contributed by atoms with Crippen molar-refractivity contribution in [3.8, 4) is 5.75 Å². The number of nitrogens with zero attached hydrogens (tertiary/aromatic N) is 3. The van der Waals surface area contributed by atoms with Crippen molar-refractivity contribution in [1.82, 2.24) is 20.4 Å². The number of guanidine groups is 1. The predicted octanol–water partition coefficient (Wildman–Crippen LogP) is 2.49. The van der Waals surface area contributed by atoms with Gasteiger partial charge in [-0.25, -0.2) is 4.99 Å². The zero-order chi connectivity index (χ0) is 22.5. The Hall–Kier alpha value is -1.83. The van der Waals surface area contributed by atoms with Gasteiger partial charge in [0.2, 0.25) is 0 Å². The average molecular weight is 434 g/mol. The smallest absolute Gasteiger partial charge is 0.191 e. The largest absolute Gasteiger partial charge is 0.493 e. The van der Waals surface area contributed by atoms with E-state index in [1.54, 1.807) is 7.11 Å². The third-order valence-corrected chi connectivity index (χ3v) is 5.77. The van der Waals surface area contributed by atoms with Gasteiger partial charge < -0.3 is 25.0 Å². The van der Waals surface area contributed by atoms with Crippen LogP contribution in [-0.2, 0) is 11.3 Å². The summed E-state index contributed by atoms with van der Waals surface area (Å²) >= 11 is 0. The summed E-state index contributed by atoms with van der Waals surface area (Å²) in [6, 6.07) is 6.80. The summed E-state index contributed by atoms with van der Waals surface area (Å²) in [7, 11) is 1.72. The van der Waals surface area contributed by atoms with Gasteiger partial charge in [0.05, 0.1) is 13.2 Å². The standard InChI is InChI=1S/C24H43N5O2/c1-6-25-24(26-18-21(4)29-13-11-28(7-2)12-14-29)27-19-22-10-9-20(3)17-23(22)31-16-8-15-30-5/h9-10,17,21H,6-8,11-16,18-19H2,1-5H3,(H2,25,26,27). The van der Waals surface area contributed by atoms with Gasteiger partial charge >= 0.3 is 0 Å². The van der Waals surface area contributed by atoms with E-state index in [1.165, 1.54) is 5.56 Å². The fraction of sp³-hybridized carbons (Fsp3) is 0.708. The number of aliphatic imine (C=N–C) groups is 1. The van der Waals surface area contributed by atoms with Crippen molar-refractivity contribution in [1.29, 1.82) is 0 Å². The molecule has 176 valence electrons. The minimum Gasteiger partial charge on any atom is -0.493 e. The highest BCUT2D eigenvalue weighted by atomic mass is 16.5. The molecule has 1 heterocycles. The molecule has 0 amide bonds. The molecule has 1 aromatic rings. The first-order chi connectivity index (χ1) is 15.1. The van der Waals surface area contributed by atoms with Crippen molar-refractivity contribution in [2.24, 2.45) is 4.99 Å². The summed E-state index contributed by atoms with van der Waals surface area (Å²) in [6.07, 6.45) is 0.877. The van der Waals surface area contributed by atoms with E-state index in [9.17, 15) is 0 Å². The molecule has 1 saturated heterocycles. The molecule has 0 radical (unpaired) electrons. The quantitative estimate of drug-likeness (QED) is 0.300. The van der Waals surface area contributed by atoms with Crippen molar-refractivity contribution in [3.63, 3.8) is 0 Å². The summed E-state index contributed by atoms with van der Waals surface area (Å²) in [6.45, 7) is 18.1. The number of piperazine rings is 1. The van der Waals surface area contributed by atoms with Crippen LogP contribution in [0.3, 0.4) is 0 Å². The van der Waals surface area contributed by atoms with Gasteiger partial charge in [0.1, 0.15) is 5.75 Å². The summed E-state index contributed by atoms with van der Waals surface area (Å²) in [4.78, 5) is 9.90. The molecule has 1 unspecified atom stereocenters. The van der Waals surface area contributed by atoms with Crippen LogP contribution in [-0.4, -0.2) is 87.9 Å². The Morgan fingerprint density at radius 3 is 2.58 bits per heavy atom. The van der Waals surface area contributed by atoms with Gasteiger partial charge in [-0.1, -0.05) is 19.1 Å². The summed E-state index contributed by atoms with van der Waals surface area (Å²) in [5, 5.41) is 6.90. The number of nitrogens with one attached hydrogen (secondary N) is 2. The zero-order valence-electron chi connectivity index (χ0n) is 20.2. The predicted molar refractivity (Wildman–Crippen MR) is 129 cm³/mol. The van der Waals surface area contributed by atoms with Gasteiger partial charge in [0.25, 0.3) is 0 Å². The van der Waals surface area contributed by atoms with Crippen LogP contribution in [0.15, 0.2) is 23.2 Å². The third kappa shape index (κ3) is 9.05. The number of benzene rings is 1. The van der Waals surface area contributed by atoms with E-state index in [2.05, 4.69) is 66.3 Å². The third-order valence-electron chi connectivity index (χ3n) is 5.77. The van der Waals surface area contributed by atoms with Crippen molar-refractivity contribution >= 4 is 5.96 Å². The molecular formula is C24H43N5O2. The molecule has 1 aromatic carbocycles. The highest BCUT2D eigenvalue weighted by molar-refractivity contribution is 5.79. The Kier molecular flexibility index (Phi) is 11.7. The molecule has 0 spiro atoms. The van der Waals surface area contributed by atoms with Gasteiger partial charge in [-0.2, -0.15) is 0 Å². The molecule has 7 heteroatoms. The molecule has 1 aliphatic heterocycles. The van der Waals surface area contributed by atoms with Crippen molar-refractivity contribution in [3.05, 3.63) is 29.3 Å². The topological polar surface area (TPSA) is 61.4 Å². The van der Waals surface area contributed by atoms with Crippen LogP contribution in [0.25, 0.3) is 0 Å². The second-order valence-electron chi connectivity index (χ2n) is 8.20. The monoisotopic (exact) mass is 433 g/mol. The SMILES string of the molecule is CCNC(=NCc1ccc(C)cc1OCCCOC)NCC(C)N1CCN(CC)CC1. The number of hydrogen-bond donors (Lipinski definition) is 2. The number of aryl methyl sites for hydroxylation is 1. The number of hydrogen-bond acceptors (Lipinski definition) is 5. The first-order valence-corrected chi connectivity index (χ1v) is 11.8. The second-order valence-corrected chi connectivity index (χ2v) is 8.20. The lowest BCUT2D eigenvalue weighted by molar-refractivity contribution is 0.107. The molecule has 0 bridgehead atoms. The molecule has 31 heavy (non-hydrogen) atoms. The number of likely N-dealkylation sites (N-methyl/N-ethyl adjacent to an activating group) is 1. The lowest BCUT2D eigenvalue weighted by Crippen LogP contribution is -2.53. The average Bonchev–Trinajstić information content (AvgIpc) is 2.79. The maximum atomic E-state index is 6.01. The van der Waals surface area contributed by atoms with Gasteiger partial charge in [-0.15, -0.1) is 0 Å². The summed E-state index contributed by atoms with van der Waals surface area (Å²) < 4.78 is 11.1. The molecule has 0 aliphatic carbocycles. The first-order valence-electron chi connectivity index (χ1n) is 11.8. The number of methoxy groups -OCH3 is 1. The lowest BCUT2D eigenvalue weighted by Gasteiger charge is -2.37. The molecule has 0 aromatic heterocycles. The van der Waals surface area contributed by atoms with E-state index in [1.807, 2.05) is 0 Å². The van der Waals surface area contributed by atoms with Gasteiger partial charge in [-0.05, 0) is 38.9 Å². The van der Waals surface area contributed by atoms with Crippen molar-refractivity contribution in [2.45, 2.75) is 46.7 Å². The first kappa shape index (κ1) is 25.4. The van der Waals surface area contributed by atoms with Crippen LogP contribution in [0, 0.1) is 6.92 Å². The minimum atomic E-state index is 0.474. The van der Waals surface area contributed by atoms with Gasteiger partial charge in [-0.3, -0.25) is 4.90 Å². The van der Waals surface area contributed by atoms with Crippen molar-refractivity contribution in [2.75, 3.05) is 66.1 Å². The summed E-state index contributed by atoms with van der Waals surface area (Å²) in [5.74, 6) is 1.77. The number of rotatable bonds is 12. The number of ether oxygens (including phenoxy) is 2. The molecule has 1 fully saturated rings. The van der Waals surface area contributed by atoms with Gasteiger partial charge in [0, 0.05) is 71.0 Å². The van der Waals surface area contributed by atoms with Crippen LogP contribution in [0.4, 0.5) is 0 Å². The van der Waals surface area contributed by atoms with Gasteiger partial charge in [0.15, 0.2) is 5.96 Å². The fourth-order valence-electron chi connectivity index (χ4n) is 3.71. The Balaban J connectivity index is 1.91. The Morgan fingerprint density at radius 1 is 1.13 bits per heavy atom. The highest BCUT2D eigenvalue weighted by Crippen LogP contribution is 2.21. The van der Waals surface area contributed by atoms with E-state index >= 15 is 0 Å². The summed E-state index contributed by atoms with van der Waals surface area (Å²) in [5.41, 5.74) is 2.29. The van der Waals surface area contributed by atoms with E-state index < -0.39 is 0 Å². The highest BCUT2D eigenvalue weighted by Gasteiger charge is 2.20. The molecule has 1 aliphatic rings. The molecule has 2 rings (SSSR count). The molecule has 1 atom stereocenters. The van der Waals surface area contributed by atoms with Crippen LogP contribution in [0.5, 0.6) is 5.75 Å². The maximum Gasteiger partial charge on any atom is 0.191 e. The Labute approximate surface area is 189 Å². The fourth-order valence-corrected chi connectivity index (χ4v) is 3.71. The van der Waals surface area contributed by atoms with Crippen molar-refractivity contribution < 1.29 is 9.47 Å². The van der Waals surface area contributed by atoms with E-state index in [0.29, 0.717) is 25.8 Å². The normalized spacial score (nSPS) is 16.9. The van der Waals surface area contributed by atoms with E-state index in [0.717, 1.165) is 69.5 Å². The minimum absolute atomic E-state index is 0.474. The van der Waals surface area contributed by atoms with Crippen LogP contribution in [0.2, 0.25) is 0 Å². The van der Waals surface area contributed by atoms with Crippen LogP contribution < -0.4 is 15.4 Å². The van der Waals surface area contributed by atoms with E-state index in [-0.39, 0.29) is 0 Å². The zero-order valence-corrected chi connectivity index (χ0v) is 20.2. The maximum absolute atomic E-state index is 6.01. The Morgan fingerprint density at radius 2 is 1.90 bits per heavy atom. The molecule has 0 saturated carbocycles. The van der Waals surface area contributed by atoms with E-state index in [4.69, 9.17) is 14.5 Å². The molecule has 2 N–H and O–H groups in total. The second kappa shape index (κ2) is 14.3. The Bertz CT molecular complexity index is 659. The van der Waals surface area contributed by atoms with Crippen LogP contribution >= 0.6 is 0 Å². The molecule has 7 nitrogen and oxygen atoms in total. The van der Waals surface area contributed by atoms with Crippen LogP contribution in [0.1, 0.15) is 38.3 Å².